The van der Waals surface area contributed by atoms with E-state index in [4.69, 9.17) is 0 Å². The molecule has 3 rings (SSSR count). The number of hydrogen-bond acceptors (Lipinski definition) is 4. The first-order valence-corrected chi connectivity index (χ1v) is 8.05. The number of aliphatic hydroxyl groups is 1. The lowest BCUT2D eigenvalue weighted by atomic mass is 10.2. The van der Waals surface area contributed by atoms with Crippen LogP contribution in [0.1, 0.15) is 17.7 Å². The number of sulfonamides is 1. The first-order chi connectivity index (χ1) is 8.62. The van der Waals surface area contributed by atoms with Crippen molar-refractivity contribution in [2.45, 2.75) is 30.4 Å². The van der Waals surface area contributed by atoms with Gasteiger partial charge in [-0.1, -0.05) is 18.2 Å². The van der Waals surface area contributed by atoms with Gasteiger partial charge >= 0.3 is 0 Å². The van der Waals surface area contributed by atoms with Gasteiger partial charge in [0, 0.05) is 16.1 Å². The molecule has 2 N–H and O–H groups in total. The van der Waals surface area contributed by atoms with E-state index in [0.717, 1.165) is 17.5 Å². The molecular formula is C12H13NO3S2. The maximum Gasteiger partial charge on any atom is 0.242 e. The zero-order valence-corrected chi connectivity index (χ0v) is 11.2. The van der Waals surface area contributed by atoms with Gasteiger partial charge in [-0.05, 0) is 18.9 Å². The van der Waals surface area contributed by atoms with Gasteiger partial charge in [0.2, 0.25) is 10.0 Å². The van der Waals surface area contributed by atoms with Crippen LogP contribution >= 0.6 is 11.3 Å². The molecule has 18 heavy (non-hydrogen) atoms. The first-order valence-electron chi connectivity index (χ1n) is 5.75. The molecule has 0 amide bonds. The van der Waals surface area contributed by atoms with Gasteiger partial charge in [0.1, 0.15) is 4.90 Å². The highest BCUT2D eigenvalue weighted by Crippen LogP contribution is 2.35. The van der Waals surface area contributed by atoms with Gasteiger partial charge in [-0.15, -0.1) is 11.3 Å². The maximum atomic E-state index is 12.3. The summed E-state index contributed by atoms with van der Waals surface area (Å²) in [6.45, 7) is -0.250. The molecule has 1 fully saturated rings. The summed E-state index contributed by atoms with van der Waals surface area (Å²) in [5.41, 5.74) is 0. The molecule has 1 aromatic carbocycles. The molecule has 96 valence electrons. The summed E-state index contributed by atoms with van der Waals surface area (Å²) < 4.78 is 28.2. The van der Waals surface area contributed by atoms with Crippen molar-refractivity contribution in [1.82, 2.24) is 4.72 Å². The number of fused-ring (bicyclic) bond motifs is 1. The van der Waals surface area contributed by atoms with E-state index >= 15 is 0 Å². The van der Waals surface area contributed by atoms with E-state index < -0.39 is 10.0 Å². The van der Waals surface area contributed by atoms with Gasteiger partial charge in [0.25, 0.3) is 0 Å². The Hall–Kier alpha value is -0.950. The van der Waals surface area contributed by atoms with Crippen LogP contribution in [0, 0.1) is 0 Å². The third-order valence-corrected chi connectivity index (χ3v) is 5.86. The SMILES string of the molecule is O=S(=O)(NC1CC1)c1c(CO)sc2ccccc12. The lowest BCUT2D eigenvalue weighted by Gasteiger charge is -2.06. The van der Waals surface area contributed by atoms with Crippen molar-refractivity contribution in [3.05, 3.63) is 29.1 Å². The summed E-state index contributed by atoms with van der Waals surface area (Å²) in [6.07, 6.45) is 1.80. The Kier molecular flexibility index (Phi) is 2.90. The summed E-state index contributed by atoms with van der Waals surface area (Å²) in [4.78, 5) is 0.752. The number of rotatable bonds is 4. The molecule has 0 unspecified atom stereocenters. The molecule has 1 aliphatic carbocycles. The topological polar surface area (TPSA) is 66.4 Å². The number of nitrogens with one attached hydrogen (secondary N) is 1. The predicted molar refractivity (Wildman–Crippen MR) is 71.1 cm³/mol. The molecular weight excluding hydrogens is 270 g/mol. The zero-order valence-electron chi connectivity index (χ0n) is 9.59. The van der Waals surface area contributed by atoms with Crippen molar-refractivity contribution in [1.29, 1.82) is 0 Å². The summed E-state index contributed by atoms with van der Waals surface area (Å²) >= 11 is 1.33. The molecule has 2 aromatic rings. The zero-order chi connectivity index (χ0) is 12.8. The minimum Gasteiger partial charge on any atom is -0.391 e. The summed E-state index contributed by atoms with van der Waals surface area (Å²) in [7, 11) is -3.52. The van der Waals surface area contributed by atoms with E-state index in [0.29, 0.717) is 10.3 Å². The highest BCUT2D eigenvalue weighted by atomic mass is 32.2. The first kappa shape index (κ1) is 12.1. The molecule has 4 nitrogen and oxygen atoms in total. The van der Waals surface area contributed by atoms with Gasteiger partial charge < -0.3 is 5.11 Å². The van der Waals surface area contributed by atoms with Crippen LogP contribution in [0.25, 0.3) is 10.1 Å². The van der Waals surface area contributed by atoms with E-state index in [2.05, 4.69) is 4.72 Å². The minimum absolute atomic E-state index is 0.0696. The Morgan fingerprint density at radius 3 is 2.72 bits per heavy atom. The van der Waals surface area contributed by atoms with Crippen molar-refractivity contribution < 1.29 is 13.5 Å². The van der Waals surface area contributed by atoms with Crippen molar-refractivity contribution in [2.75, 3.05) is 0 Å². The Balaban J connectivity index is 2.19. The molecule has 1 aliphatic rings. The molecule has 0 aliphatic heterocycles. The summed E-state index contributed by atoms with van der Waals surface area (Å²) in [5.74, 6) is 0. The number of aliphatic hydroxyl groups excluding tert-OH is 1. The van der Waals surface area contributed by atoms with Gasteiger partial charge in [0.05, 0.1) is 11.5 Å². The standard InChI is InChI=1S/C12H13NO3S2/c14-7-11-12(18(15,16)13-8-5-6-8)9-3-1-2-4-10(9)17-11/h1-4,8,13-14H,5-7H2. The highest BCUT2D eigenvalue weighted by Gasteiger charge is 2.31. The van der Waals surface area contributed by atoms with Gasteiger partial charge in [0.15, 0.2) is 0 Å². The highest BCUT2D eigenvalue weighted by molar-refractivity contribution is 7.90. The Morgan fingerprint density at radius 1 is 1.33 bits per heavy atom. The summed E-state index contributed by atoms with van der Waals surface area (Å²) in [6, 6.07) is 7.40. The van der Waals surface area contributed by atoms with Gasteiger partial charge in [-0.3, -0.25) is 0 Å². The third kappa shape index (κ3) is 2.05. The molecule has 1 heterocycles. The molecule has 0 spiro atoms. The van der Waals surface area contributed by atoms with Crippen LogP contribution < -0.4 is 4.72 Å². The van der Waals surface area contributed by atoms with E-state index in [1.165, 1.54) is 11.3 Å². The molecule has 1 aromatic heterocycles. The van der Waals surface area contributed by atoms with E-state index in [-0.39, 0.29) is 17.5 Å². The molecule has 0 saturated heterocycles. The second-order valence-electron chi connectivity index (χ2n) is 4.40. The van der Waals surface area contributed by atoms with Crippen molar-refractivity contribution in [3.63, 3.8) is 0 Å². The molecule has 0 atom stereocenters. The van der Waals surface area contributed by atoms with Crippen LogP contribution in [-0.2, 0) is 16.6 Å². The maximum absolute atomic E-state index is 12.3. The largest absolute Gasteiger partial charge is 0.391 e. The molecule has 0 bridgehead atoms. The monoisotopic (exact) mass is 283 g/mol. The Labute approximate surface area is 109 Å². The summed E-state index contributed by atoms with van der Waals surface area (Å²) in [5, 5.41) is 10.0. The predicted octanol–water partition coefficient (Wildman–Crippen LogP) is 1.83. The van der Waals surface area contributed by atoms with E-state index in [1.807, 2.05) is 18.2 Å². The van der Waals surface area contributed by atoms with Gasteiger partial charge in [-0.25, -0.2) is 13.1 Å². The van der Waals surface area contributed by atoms with Crippen LogP contribution in [0.5, 0.6) is 0 Å². The fourth-order valence-corrected chi connectivity index (χ4v) is 5.05. The van der Waals surface area contributed by atoms with Gasteiger partial charge in [-0.2, -0.15) is 0 Å². The Bertz CT molecular complexity index is 686. The van der Waals surface area contributed by atoms with E-state index in [1.54, 1.807) is 6.07 Å². The lowest BCUT2D eigenvalue weighted by molar-refractivity contribution is 0.283. The Morgan fingerprint density at radius 2 is 2.06 bits per heavy atom. The van der Waals surface area contributed by atoms with E-state index in [9.17, 15) is 13.5 Å². The van der Waals surface area contributed by atoms with Crippen LogP contribution in [-0.4, -0.2) is 19.6 Å². The van der Waals surface area contributed by atoms with Crippen LogP contribution in [0.15, 0.2) is 29.2 Å². The van der Waals surface area contributed by atoms with Crippen molar-refractivity contribution in [3.8, 4) is 0 Å². The average molecular weight is 283 g/mol. The number of thiophene rings is 1. The second-order valence-corrected chi connectivity index (χ2v) is 7.19. The fourth-order valence-electron chi connectivity index (χ4n) is 1.95. The molecule has 6 heteroatoms. The van der Waals surface area contributed by atoms with Crippen LogP contribution in [0.3, 0.4) is 0 Å². The molecule has 0 radical (unpaired) electrons. The fraction of sp³-hybridized carbons (Fsp3) is 0.333. The smallest absolute Gasteiger partial charge is 0.242 e. The number of hydrogen-bond donors (Lipinski definition) is 2. The third-order valence-electron chi connectivity index (χ3n) is 2.93. The normalized spacial score (nSPS) is 16.3. The minimum atomic E-state index is -3.52. The lowest BCUT2D eigenvalue weighted by Crippen LogP contribution is -2.26. The molecule has 1 saturated carbocycles. The average Bonchev–Trinajstić information content (AvgIpc) is 3.05. The quantitative estimate of drug-likeness (QED) is 0.899. The van der Waals surface area contributed by atoms with Crippen molar-refractivity contribution >= 4 is 31.4 Å². The van der Waals surface area contributed by atoms with Crippen LogP contribution in [0.2, 0.25) is 0 Å². The van der Waals surface area contributed by atoms with Crippen LogP contribution in [0.4, 0.5) is 0 Å². The van der Waals surface area contributed by atoms with Crippen molar-refractivity contribution in [2.24, 2.45) is 0 Å². The number of benzene rings is 1. The second kappa shape index (κ2) is 4.31.